The standard InChI is InChI=1S/C22H24N2O4S/c1-28-18-10-8-15(9-11-18)12-13-29(26,27)24-22(25)23-21-19-6-2-4-16(19)14-17-5-3-7-20(17)21/h8-14H,2-7H2,1H3,(H2,23,24,25)/b13-12+. The minimum atomic E-state index is -3.92. The van der Waals surface area contributed by atoms with E-state index < -0.39 is 16.1 Å². The first-order valence-electron chi connectivity index (χ1n) is 9.77. The highest BCUT2D eigenvalue weighted by molar-refractivity contribution is 7.93. The molecule has 2 aliphatic carbocycles. The molecule has 0 atom stereocenters. The number of sulfonamides is 1. The van der Waals surface area contributed by atoms with E-state index in [2.05, 4.69) is 16.1 Å². The van der Waals surface area contributed by atoms with Crippen molar-refractivity contribution in [2.24, 2.45) is 0 Å². The summed E-state index contributed by atoms with van der Waals surface area (Å²) in [5, 5.41) is 3.83. The van der Waals surface area contributed by atoms with E-state index >= 15 is 0 Å². The van der Waals surface area contributed by atoms with Crippen LogP contribution in [0.1, 0.15) is 40.7 Å². The van der Waals surface area contributed by atoms with Crippen LogP contribution in [0.4, 0.5) is 10.5 Å². The van der Waals surface area contributed by atoms with Gasteiger partial charge < -0.3 is 10.1 Å². The van der Waals surface area contributed by atoms with Crippen LogP contribution in [0.2, 0.25) is 0 Å². The van der Waals surface area contributed by atoms with Gasteiger partial charge in [0.05, 0.1) is 12.5 Å². The number of hydrogen-bond acceptors (Lipinski definition) is 4. The molecule has 0 unspecified atom stereocenters. The minimum absolute atomic E-state index is 0.686. The Labute approximate surface area is 171 Å². The molecule has 0 aromatic heterocycles. The van der Waals surface area contributed by atoms with Gasteiger partial charge in [-0.3, -0.25) is 0 Å². The average Bonchev–Trinajstić information content (AvgIpc) is 3.35. The lowest BCUT2D eigenvalue weighted by Gasteiger charge is -2.16. The molecule has 0 spiro atoms. The van der Waals surface area contributed by atoms with Crippen LogP contribution in [-0.4, -0.2) is 21.6 Å². The molecule has 7 heteroatoms. The first-order chi connectivity index (χ1) is 13.9. The Hall–Kier alpha value is -2.80. The number of hydrogen-bond donors (Lipinski definition) is 2. The van der Waals surface area contributed by atoms with Crippen LogP contribution < -0.4 is 14.8 Å². The number of aryl methyl sites for hydroxylation is 2. The Balaban J connectivity index is 1.48. The summed E-state index contributed by atoms with van der Waals surface area (Å²) in [6.07, 6.45) is 7.44. The van der Waals surface area contributed by atoms with Gasteiger partial charge in [-0.1, -0.05) is 18.2 Å². The molecule has 0 fully saturated rings. The highest BCUT2D eigenvalue weighted by Gasteiger charge is 2.25. The van der Waals surface area contributed by atoms with E-state index in [-0.39, 0.29) is 0 Å². The summed E-state index contributed by atoms with van der Waals surface area (Å²) < 4.78 is 31.8. The number of anilines is 1. The van der Waals surface area contributed by atoms with Gasteiger partial charge in [-0.15, -0.1) is 0 Å². The van der Waals surface area contributed by atoms with E-state index in [1.54, 1.807) is 31.4 Å². The van der Waals surface area contributed by atoms with Crippen molar-refractivity contribution in [2.45, 2.75) is 38.5 Å². The quantitative estimate of drug-likeness (QED) is 0.782. The maximum Gasteiger partial charge on any atom is 0.333 e. The summed E-state index contributed by atoms with van der Waals surface area (Å²) >= 11 is 0. The third kappa shape index (κ3) is 4.29. The maximum atomic E-state index is 12.5. The lowest BCUT2D eigenvalue weighted by atomic mass is 9.99. The number of benzene rings is 2. The van der Waals surface area contributed by atoms with Gasteiger partial charge in [0.2, 0.25) is 0 Å². The van der Waals surface area contributed by atoms with Crippen molar-refractivity contribution < 1.29 is 17.9 Å². The van der Waals surface area contributed by atoms with Gasteiger partial charge in [0.15, 0.2) is 0 Å². The Morgan fingerprint density at radius 2 is 1.62 bits per heavy atom. The Bertz CT molecular complexity index is 1040. The van der Waals surface area contributed by atoms with Crippen LogP contribution in [0, 0.1) is 0 Å². The first-order valence-corrected chi connectivity index (χ1v) is 11.3. The number of carbonyl (C=O) groups is 1. The summed E-state index contributed by atoms with van der Waals surface area (Å²) in [7, 11) is -2.35. The summed E-state index contributed by atoms with van der Waals surface area (Å²) in [5.41, 5.74) is 6.39. The van der Waals surface area contributed by atoms with Crippen LogP contribution in [0.25, 0.3) is 6.08 Å². The molecule has 0 radical (unpaired) electrons. The predicted molar refractivity (Wildman–Crippen MR) is 114 cm³/mol. The third-order valence-electron chi connectivity index (χ3n) is 5.50. The van der Waals surface area contributed by atoms with Gasteiger partial charge in [-0.05, 0) is 84.6 Å². The number of rotatable bonds is 5. The molecular formula is C22H24N2O4S. The molecule has 152 valence electrons. The van der Waals surface area contributed by atoms with Crippen molar-refractivity contribution in [2.75, 3.05) is 12.4 Å². The van der Waals surface area contributed by atoms with Crippen molar-refractivity contribution in [1.29, 1.82) is 0 Å². The molecule has 29 heavy (non-hydrogen) atoms. The van der Waals surface area contributed by atoms with E-state index in [0.717, 1.165) is 60.7 Å². The molecule has 0 bridgehead atoms. The van der Waals surface area contributed by atoms with Gasteiger partial charge in [0.25, 0.3) is 10.0 Å². The molecule has 2 amide bonds. The van der Waals surface area contributed by atoms with Gasteiger partial charge in [-0.25, -0.2) is 17.9 Å². The summed E-state index contributed by atoms with van der Waals surface area (Å²) in [6, 6.07) is 8.50. The predicted octanol–water partition coefficient (Wildman–Crippen LogP) is 3.79. The van der Waals surface area contributed by atoms with Gasteiger partial charge in [0.1, 0.15) is 5.75 Å². The summed E-state index contributed by atoms with van der Waals surface area (Å²) in [4.78, 5) is 12.5. The monoisotopic (exact) mass is 412 g/mol. The van der Waals surface area contributed by atoms with E-state index in [1.807, 2.05) is 0 Å². The highest BCUT2D eigenvalue weighted by atomic mass is 32.2. The lowest BCUT2D eigenvalue weighted by Crippen LogP contribution is -2.33. The molecule has 2 aromatic carbocycles. The minimum Gasteiger partial charge on any atom is -0.497 e. The van der Waals surface area contributed by atoms with Crippen molar-refractivity contribution in [1.82, 2.24) is 4.72 Å². The molecular weight excluding hydrogens is 388 g/mol. The van der Waals surface area contributed by atoms with E-state index in [1.165, 1.54) is 17.2 Å². The Morgan fingerprint density at radius 3 is 2.21 bits per heavy atom. The zero-order chi connectivity index (χ0) is 20.4. The summed E-state index contributed by atoms with van der Waals surface area (Å²) in [5.74, 6) is 0.686. The molecule has 2 aromatic rings. The second kappa shape index (κ2) is 7.91. The molecule has 0 aliphatic heterocycles. The first kappa shape index (κ1) is 19.5. The zero-order valence-electron chi connectivity index (χ0n) is 16.3. The van der Waals surface area contributed by atoms with Crippen LogP contribution in [-0.2, 0) is 35.7 Å². The van der Waals surface area contributed by atoms with Crippen LogP contribution >= 0.6 is 0 Å². The molecule has 0 heterocycles. The van der Waals surface area contributed by atoms with Crippen LogP contribution in [0.5, 0.6) is 5.75 Å². The molecule has 6 nitrogen and oxygen atoms in total. The highest BCUT2D eigenvalue weighted by Crippen LogP contribution is 2.38. The molecule has 0 saturated carbocycles. The van der Waals surface area contributed by atoms with Crippen molar-refractivity contribution >= 4 is 27.8 Å². The van der Waals surface area contributed by atoms with E-state index in [4.69, 9.17) is 4.74 Å². The Morgan fingerprint density at radius 1 is 1.00 bits per heavy atom. The number of urea groups is 1. The van der Waals surface area contributed by atoms with E-state index in [0.29, 0.717) is 11.3 Å². The number of methoxy groups -OCH3 is 1. The van der Waals surface area contributed by atoms with Crippen LogP contribution in [0.15, 0.2) is 35.7 Å². The summed E-state index contributed by atoms with van der Waals surface area (Å²) in [6.45, 7) is 0. The SMILES string of the molecule is COc1ccc(/C=C/S(=O)(=O)NC(=O)Nc2c3c(cc4c2CCC4)CCC3)cc1. The maximum absolute atomic E-state index is 12.5. The molecule has 2 aliphatic rings. The zero-order valence-corrected chi connectivity index (χ0v) is 17.1. The second-order valence-electron chi connectivity index (χ2n) is 7.41. The third-order valence-corrected chi connectivity index (χ3v) is 6.47. The Kier molecular flexibility index (Phi) is 5.32. The fourth-order valence-electron chi connectivity index (χ4n) is 4.15. The van der Waals surface area contributed by atoms with Gasteiger partial charge >= 0.3 is 6.03 Å². The lowest BCUT2D eigenvalue weighted by molar-refractivity contribution is 0.256. The van der Waals surface area contributed by atoms with Crippen molar-refractivity contribution in [3.8, 4) is 5.75 Å². The topological polar surface area (TPSA) is 84.5 Å². The van der Waals surface area contributed by atoms with Crippen molar-refractivity contribution in [3.05, 3.63) is 63.6 Å². The fraction of sp³-hybridized carbons (Fsp3) is 0.318. The number of ether oxygens (including phenoxy) is 1. The van der Waals surface area contributed by atoms with E-state index in [9.17, 15) is 13.2 Å². The second-order valence-corrected chi connectivity index (χ2v) is 8.98. The van der Waals surface area contributed by atoms with Gasteiger partial charge in [-0.2, -0.15) is 0 Å². The average molecular weight is 413 g/mol. The molecule has 0 saturated heterocycles. The normalized spacial score (nSPS) is 15.2. The fourth-order valence-corrected chi connectivity index (χ4v) is 4.87. The number of nitrogens with one attached hydrogen (secondary N) is 2. The van der Waals surface area contributed by atoms with Gasteiger partial charge in [0, 0.05) is 5.69 Å². The van der Waals surface area contributed by atoms with Crippen LogP contribution in [0.3, 0.4) is 0 Å². The smallest absolute Gasteiger partial charge is 0.333 e. The largest absolute Gasteiger partial charge is 0.497 e. The molecule has 2 N–H and O–H groups in total. The van der Waals surface area contributed by atoms with Crippen molar-refractivity contribution in [3.63, 3.8) is 0 Å². The number of fused-ring (bicyclic) bond motifs is 2. The number of amides is 2. The molecule has 4 rings (SSSR count). The number of carbonyl (C=O) groups excluding carboxylic acids is 1.